The van der Waals surface area contributed by atoms with Crippen molar-refractivity contribution in [3.8, 4) is 5.75 Å². The lowest BCUT2D eigenvalue weighted by atomic mass is 10.0. The predicted molar refractivity (Wildman–Crippen MR) is 58.3 cm³/mol. The zero-order valence-corrected chi connectivity index (χ0v) is 10.00. The van der Waals surface area contributed by atoms with E-state index in [-0.39, 0.29) is 24.2 Å². The Balaban J connectivity index is 0.00000112. The topological polar surface area (TPSA) is 35.2 Å². The lowest BCUT2D eigenvalue weighted by molar-refractivity contribution is 0.250. The van der Waals surface area contributed by atoms with E-state index >= 15 is 0 Å². The molecule has 0 amide bonds. The normalized spacial score (nSPS) is 18.8. The Kier molecular flexibility index (Phi) is 3.92. The van der Waals surface area contributed by atoms with Crippen LogP contribution in [0.15, 0.2) is 10.5 Å². The molecule has 6 heteroatoms. The van der Waals surface area contributed by atoms with Gasteiger partial charge < -0.3 is 10.5 Å². The van der Waals surface area contributed by atoms with Crippen LogP contribution in [0.1, 0.15) is 18.0 Å². The van der Waals surface area contributed by atoms with Crippen molar-refractivity contribution in [2.75, 3.05) is 6.61 Å². The minimum absolute atomic E-state index is 0. The molecule has 0 radical (unpaired) electrons. The number of halogens is 4. The first-order valence-electron chi connectivity index (χ1n) is 4.17. The molecular weight excluding hydrogens is 291 g/mol. The van der Waals surface area contributed by atoms with E-state index in [1.807, 2.05) is 0 Å². The predicted octanol–water partition coefficient (Wildman–Crippen LogP) is 2.93. The SMILES string of the molecule is Cl.N[C@H]1CCOc2c(F)c(F)cc(Br)c21. The van der Waals surface area contributed by atoms with Crippen LogP contribution in [0, 0.1) is 11.6 Å². The van der Waals surface area contributed by atoms with Gasteiger partial charge in [-0.3, -0.25) is 0 Å². The molecule has 84 valence electrons. The second kappa shape index (κ2) is 4.63. The van der Waals surface area contributed by atoms with E-state index in [2.05, 4.69) is 15.9 Å². The molecule has 2 rings (SSSR count). The van der Waals surface area contributed by atoms with Crippen molar-refractivity contribution in [2.45, 2.75) is 12.5 Å². The van der Waals surface area contributed by atoms with Crippen molar-refractivity contribution in [1.82, 2.24) is 0 Å². The number of hydrogen-bond acceptors (Lipinski definition) is 2. The van der Waals surface area contributed by atoms with Crippen molar-refractivity contribution in [1.29, 1.82) is 0 Å². The molecule has 1 atom stereocenters. The summed E-state index contributed by atoms with van der Waals surface area (Å²) in [6, 6.07) is 0.770. The molecule has 0 bridgehead atoms. The maximum Gasteiger partial charge on any atom is 0.201 e. The van der Waals surface area contributed by atoms with Crippen LogP contribution in [0.3, 0.4) is 0 Å². The molecule has 15 heavy (non-hydrogen) atoms. The minimum Gasteiger partial charge on any atom is -0.490 e. The fourth-order valence-corrected chi connectivity index (χ4v) is 2.18. The molecule has 0 spiro atoms. The monoisotopic (exact) mass is 299 g/mol. The molecular formula is C9H9BrClF2NO. The lowest BCUT2D eigenvalue weighted by Crippen LogP contribution is -2.22. The summed E-state index contributed by atoms with van der Waals surface area (Å²) in [4.78, 5) is 0. The number of fused-ring (bicyclic) bond motifs is 1. The van der Waals surface area contributed by atoms with Gasteiger partial charge in [-0.25, -0.2) is 4.39 Å². The Hall–Kier alpha value is -0.390. The molecule has 2 nitrogen and oxygen atoms in total. The van der Waals surface area contributed by atoms with E-state index < -0.39 is 11.6 Å². The van der Waals surface area contributed by atoms with Gasteiger partial charge in [0, 0.05) is 22.5 Å². The molecule has 1 heterocycles. The highest BCUT2D eigenvalue weighted by atomic mass is 79.9. The van der Waals surface area contributed by atoms with Crippen LogP contribution >= 0.6 is 28.3 Å². The smallest absolute Gasteiger partial charge is 0.201 e. The van der Waals surface area contributed by atoms with Crippen LogP contribution in [0.4, 0.5) is 8.78 Å². The van der Waals surface area contributed by atoms with Gasteiger partial charge in [0.1, 0.15) is 0 Å². The molecule has 1 aliphatic heterocycles. The summed E-state index contributed by atoms with van der Waals surface area (Å²) in [6.45, 7) is 0.320. The number of benzene rings is 1. The standard InChI is InChI=1S/C9H8BrF2NO.ClH/c10-4-3-5(11)8(12)9-7(4)6(13)1-2-14-9;/h3,6H,1-2,13H2;1H/t6-;/m0./s1. The summed E-state index contributed by atoms with van der Waals surface area (Å²) in [5.74, 6) is -1.95. The van der Waals surface area contributed by atoms with Gasteiger partial charge in [-0.1, -0.05) is 15.9 Å². The highest BCUT2D eigenvalue weighted by molar-refractivity contribution is 9.10. The molecule has 0 aromatic heterocycles. The van der Waals surface area contributed by atoms with Gasteiger partial charge in [0.25, 0.3) is 0 Å². The first-order valence-corrected chi connectivity index (χ1v) is 4.96. The fraction of sp³-hybridized carbons (Fsp3) is 0.333. The molecule has 2 N–H and O–H groups in total. The largest absolute Gasteiger partial charge is 0.490 e. The third-order valence-corrected chi connectivity index (χ3v) is 2.87. The third-order valence-electron chi connectivity index (χ3n) is 2.21. The van der Waals surface area contributed by atoms with E-state index in [1.165, 1.54) is 0 Å². The second-order valence-corrected chi connectivity index (χ2v) is 3.99. The van der Waals surface area contributed by atoms with Crippen LogP contribution in [-0.4, -0.2) is 6.61 Å². The Morgan fingerprint density at radius 2 is 2.13 bits per heavy atom. The molecule has 1 aromatic carbocycles. The summed E-state index contributed by atoms with van der Waals surface area (Å²) in [5.41, 5.74) is 6.28. The Morgan fingerprint density at radius 3 is 2.80 bits per heavy atom. The van der Waals surface area contributed by atoms with Gasteiger partial charge in [-0.15, -0.1) is 12.4 Å². The van der Waals surface area contributed by atoms with E-state index in [0.717, 1.165) is 6.07 Å². The number of hydrogen-bond donors (Lipinski definition) is 1. The van der Waals surface area contributed by atoms with Crippen LogP contribution in [0.25, 0.3) is 0 Å². The Bertz CT molecular complexity index is 389. The average molecular weight is 301 g/mol. The summed E-state index contributed by atoms with van der Waals surface area (Å²) in [6.07, 6.45) is 0.608. The third kappa shape index (κ3) is 2.09. The second-order valence-electron chi connectivity index (χ2n) is 3.14. The Morgan fingerprint density at radius 1 is 1.47 bits per heavy atom. The molecule has 0 saturated carbocycles. The zero-order chi connectivity index (χ0) is 10.3. The van der Waals surface area contributed by atoms with Gasteiger partial charge >= 0.3 is 0 Å². The van der Waals surface area contributed by atoms with Gasteiger partial charge in [0.15, 0.2) is 11.6 Å². The molecule has 0 unspecified atom stereocenters. The van der Waals surface area contributed by atoms with E-state index in [9.17, 15) is 8.78 Å². The van der Waals surface area contributed by atoms with Crippen molar-refractivity contribution in [3.63, 3.8) is 0 Å². The van der Waals surface area contributed by atoms with Gasteiger partial charge in [-0.05, 0) is 6.07 Å². The van der Waals surface area contributed by atoms with Crippen molar-refractivity contribution in [2.24, 2.45) is 5.73 Å². The maximum absolute atomic E-state index is 13.3. The maximum atomic E-state index is 13.3. The number of rotatable bonds is 0. The molecule has 0 saturated heterocycles. The summed E-state index contributed by atoms with van der Waals surface area (Å²) < 4.78 is 31.7. The highest BCUT2D eigenvalue weighted by Crippen LogP contribution is 2.39. The molecule has 1 aliphatic rings. The molecule has 1 aromatic rings. The van der Waals surface area contributed by atoms with Gasteiger partial charge in [-0.2, -0.15) is 4.39 Å². The van der Waals surface area contributed by atoms with Crippen LogP contribution < -0.4 is 10.5 Å². The summed E-state index contributed by atoms with van der Waals surface area (Å²) in [7, 11) is 0. The number of nitrogens with two attached hydrogens (primary N) is 1. The first-order chi connectivity index (χ1) is 6.61. The van der Waals surface area contributed by atoms with Gasteiger partial charge in [0.05, 0.1) is 6.61 Å². The van der Waals surface area contributed by atoms with Crippen molar-refractivity contribution >= 4 is 28.3 Å². The van der Waals surface area contributed by atoms with Crippen molar-refractivity contribution < 1.29 is 13.5 Å². The Labute approximate surface area is 100 Å². The lowest BCUT2D eigenvalue weighted by Gasteiger charge is -2.24. The highest BCUT2D eigenvalue weighted by Gasteiger charge is 2.26. The van der Waals surface area contributed by atoms with E-state index in [0.29, 0.717) is 23.1 Å². The van der Waals surface area contributed by atoms with E-state index in [4.69, 9.17) is 10.5 Å². The quantitative estimate of drug-likeness (QED) is 0.748. The molecule has 0 fully saturated rings. The fourth-order valence-electron chi connectivity index (χ4n) is 1.51. The van der Waals surface area contributed by atoms with Crippen LogP contribution in [0.2, 0.25) is 0 Å². The number of ether oxygens (including phenoxy) is 1. The van der Waals surface area contributed by atoms with Crippen LogP contribution in [0.5, 0.6) is 5.75 Å². The zero-order valence-electron chi connectivity index (χ0n) is 7.60. The molecule has 0 aliphatic carbocycles. The van der Waals surface area contributed by atoms with Crippen molar-refractivity contribution in [3.05, 3.63) is 27.7 Å². The van der Waals surface area contributed by atoms with E-state index in [1.54, 1.807) is 0 Å². The van der Waals surface area contributed by atoms with Gasteiger partial charge in [0.2, 0.25) is 5.82 Å². The minimum atomic E-state index is -0.960. The first kappa shape index (κ1) is 12.7. The van der Waals surface area contributed by atoms with Crippen LogP contribution in [-0.2, 0) is 0 Å². The average Bonchev–Trinajstić information content (AvgIpc) is 2.14. The summed E-state index contributed by atoms with van der Waals surface area (Å²) >= 11 is 3.14. The summed E-state index contributed by atoms with van der Waals surface area (Å²) in [5, 5.41) is 0.